The van der Waals surface area contributed by atoms with Crippen molar-refractivity contribution in [2.75, 3.05) is 5.32 Å². The fourth-order valence-corrected chi connectivity index (χ4v) is 3.49. The summed E-state index contributed by atoms with van der Waals surface area (Å²) in [7, 11) is 0. The summed E-state index contributed by atoms with van der Waals surface area (Å²) < 4.78 is 46.5. The van der Waals surface area contributed by atoms with Gasteiger partial charge in [0, 0.05) is 17.7 Å². The van der Waals surface area contributed by atoms with Crippen molar-refractivity contribution in [2.24, 2.45) is 0 Å². The lowest BCUT2D eigenvalue weighted by molar-refractivity contribution is -0.254. The van der Waals surface area contributed by atoms with Crippen LogP contribution >= 0.6 is 0 Å². The van der Waals surface area contributed by atoms with Crippen LogP contribution in [0.3, 0.4) is 0 Å². The Morgan fingerprint density at radius 1 is 1.19 bits per heavy atom. The number of nitrogens with zero attached hydrogens (tertiary/aromatic N) is 1. The van der Waals surface area contributed by atoms with Crippen LogP contribution in [-0.2, 0) is 21.6 Å². The van der Waals surface area contributed by atoms with Gasteiger partial charge in [0.1, 0.15) is 6.61 Å². The first kappa shape index (κ1) is 22.3. The van der Waals surface area contributed by atoms with Crippen LogP contribution in [0.15, 0.2) is 42.5 Å². The first-order valence-corrected chi connectivity index (χ1v) is 9.29. The molecule has 0 fully saturated rings. The van der Waals surface area contributed by atoms with E-state index in [1.807, 2.05) is 6.07 Å². The molecule has 0 radical (unpaired) electrons. The smallest absolute Gasteiger partial charge is 0.426 e. The maximum Gasteiger partial charge on any atom is 0.426 e. The summed E-state index contributed by atoms with van der Waals surface area (Å²) in [6, 6.07) is 11.8. The maximum atomic E-state index is 13.9. The van der Waals surface area contributed by atoms with E-state index in [1.54, 1.807) is 0 Å². The number of nitrogens with one attached hydrogen (secondary N) is 1. The normalized spacial score (nSPS) is 15.5. The van der Waals surface area contributed by atoms with Gasteiger partial charge >= 0.3 is 12.1 Å². The van der Waals surface area contributed by atoms with Crippen LogP contribution in [0.1, 0.15) is 47.3 Å². The molecule has 0 aromatic heterocycles. The lowest BCUT2D eigenvalue weighted by atomic mass is 9.74. The highest BCUT2D eigenvalue weighted by Gasteiger charge is 2.61. The van der Waals surface area contributed by atoms with Crippen molar-refractivity contribution in [3.05, 3.63) is 64.7 Å². The number of amides is 1. The number of carbonyl (C=O) groups excluding carboxylic acids is 2. The van der Waals surface area contributed by atoms with E-state index in [1.165, 1.54) is 56.3 Å². The van der Waals surface area contributed by atoms with Gasteiger partial charge in [-0.3, -0.25) is 4.79 Å². The third-order valence-electron chi connectivity index (χ3n) is 5.28. The summed E-state index contributed by atoms with van der Waals surface area (Å²) in [5.74, 6) is -2.18. The first-order chi connectivity index (χ1) is 14.4. The number of esters is 1. The van der Waals surface area contributed by atoms with E-state index in [0.29, 0.717) is 16.7 Å². The average Bonchev–Trinajstić information content (AvgIpc) is 3.07. The molecule has 9 heteroatoms. The van der Waals surface area contributed by atoms with E-state index < -0.39 is 35.5 Å². The Morgan fingerprint density at radius 3 is 2.42 bits per heavy atom. The Bertz CT molecular complexity index is 1070. The summed E-state index contributed by atoms with van der Waals surface area (Å²) in [6.45, 7) is 2.89. The van der Waals surface area contributed by atoms with Crippen molar-refractivity contribution < 1.29 is 32.6 Å². The molecule has 2 aromatic rings. The Morgan fingerprint density at radius 2 is 1.84 bits per heavy atom. The summed E-state index contributed by atoms with van der Waals surface area (Å²) >= 11 is 0. The number of cyclic esters (lactones) is 1. The van der Waals surface area contributed by atoms with Gasteiger partial charge in [-0.25, -0.2) is 4.79 Å². The maximum absolute atomic E-state index is 13.9. The average molecular weight is 432 g/mol. The fourth-order valence-electron chi connectivity index (χ4n) is 3.49. The van der Waals surface area contributed by atoms with E-state index in [0.717, 1.165) is 0 Å². The van der Waals surface area contributed by atoms with Crippen LogP contribution in [0, 0.1) is 11.3 Å². The van der Waals surface area contributed by atoms with Crippen molar-refractivity contribution in [3.8, 4) is 6.07 Å². The minimum Gasteiger partial charge on any atom is -0.457 e. The standard InChI is InChI=1S/C22H19F3N2O4/c1-20(2,15-5-3-13(10-26)4-6-15)12-21(30,22(23,24)25)19(29)27-16-7-8-17-14(9-16)11-31-18(17)28/h3-9,30H,11-12H2,1-2H3,(H,27,29). The number of aliphatic hydroxyl groups is 1. The number of hydrogen-bond acceptors (Lipinski definition) is 5. The second-order valence-electron chi connectivity index (χ2n) is 8.01. The van der Waals surface area contributed by atoms with Gasteiger partial charge in [-0.2, -0.15) is 18.4 Å². The molecule has 0 spiro atoms. The molecule has 2 aromatic carbocycles. The molecule has 1 unspecified atom stereocenters. The molecule has 2 N–H and O–H groups in total. The van der Waals surface area contributed by atoms with Gasteiger partial charge in [0.15, 0.2) is 0 Å². The molecule has 0 saturated carbocycles. The number of fused-ring (bicyclic) bond motifs is 1. The van der Waals surface area contributed by atoms with Crippen LogP contribution in [0.5, 0.6) is 0 Å². The zero-order valence-electron chi connectivity index (χ0n) is 16.7. The van der Waals surface area contributed by atoms with Crippen molar-refractivity contribution in [1.29, 1.82) is 5.26 Å². The highest BCUT2D eigenvalue weighted by molar-refractivity contribution is 5.99. The van der Waals surface area contributed by atoms with Crippen molar-refractivity contribution in [2.45, 2.75) is 44.1 Å². The van der Waals surface area contributed by atoms with E-state index in [2.05, 4.69) is 5.32 Å². The Labute approximate surface area is 176 Å². The van der Waals surface area contributed by atoms with E-state index in [9.17, 15) is 27.9 Å². The molecule has 0 saturated heterocycles. The highest BCUT2D eigenvalue weighted by atomic mass is 19.4. The summed E-state index contributed by atoms with van der Waals surface area (Å²) in [4.78, 5) is 24.1. The molecule has 1 aliphatic rings. The number of rotatable bonds is 5. The molecule has 162 valence electrons. The first-order valence-electron chi connectivity index (χ1n) is 9.29. The topological polar surface area (TPSA) is 99.4 Å². The molecule has 3 rings (SSSR count). The molecule has 1 heterocycles. The third kappa shape index (κ3) is 4.25. The Balaban J connectivity index is 1.88. The van der Waals surface area contributed by atoms with Gasteiger partial charge in [-0.05, 0) is 41.3 Å². The number of nitriles is 1. The van der Waals surface area contributed by atoms with Gasteiger partial charge in [-0.15, -0.1) is 0 Å². The monoisotopic (exact) mass is 432 g/mol. The second-order valence-corrected chi connectivity index (χ2v) is 8.01. The minimum absolute atomic E-state index is 0.000837. The van der Waals surface area contributed by atoms with Gasteiger partial charge in [0.2, 0.25) is 5.60 Å². The molecular weight excluding hydrogens is 413 g/mol. The lowest BCUT2D eigenvalue weighted by Crippen LogP contribution is -2.57. The predicted octanol–water partition coefficient (Wildman–Crippen LogP) is 3.83. The molecule has 1 aliphatic heterocycles. The molecule has 1 amide bonds. The Kier molecular flexibility index (Phi) is 5.54. The third-order valence-corrected chi connectivity index (χ3v) is 5.28. The summed E-state index contributed by atoms with van der Waals surface area (Å²) in [5.41, 5.74) is -3.48. The minimum atomic E-state index is -5.25. The van der Waals surface area contributed by atoms with Crippen LogP contribution in [0.4, 0.5) is 18.9 Å². The van der Waals surface area contributed by atoms with Gasteiger partial charge in [0.25, 0.3) is 5.91 Å². The highest BCUT2D eigenvalue weighted by Crippen LogP contribution is 2.42. The number of alkyl halides is 3. The number of benzene rings is 2. The Hall–Kier alpha value is -3.38. The SMILES string of the molecule is CC(C)(CC(O)(C(=O)Nc1ccc2c(c1)COC2=O)C(F)(F)F)c1ccc(C#N)cc1. The van der Waals surface area contributed by atoms with Gasteiger partial charge in [-0.1, -0.05) is 26.0 Å². The largest absolute Gasteiger partial charge is 0.457 e. The molecule has 0 bridgehead atoms. The molecule has 31 heavy (non-hydrogen) atoms. The van der Waals surface area contributed by atoms with Crippen molar-refractivity contribution in [3.63, 3.8) is 0 Å². The van der Waals surface area contributed by atoms with E-state index >= 15 is 0 Å². The number of carbonyl (C=O) groups is 2. The van der Waals surface area contributed by atoms with E-state index in [4.69, 9.17) is 10.00 Å². The quantitative estimate of drug-likeness (QED) is 0.700. The number of anilines is 1. The van der Waals surface area contributed by atoms with Crippen molar-refractivity contribution >= 4 is 17.6 Å². The number of ether oxygens (including phenoxy) is 1. The van der Waals surface area contributed by atoms with Crippen LogP contribution < -0.4 is 5.32 Å². The fraction of sp³-hybridized carbons (Fsp3) is 0.318. The van der Waals surface area contributed by atoms with E-state index in [-0.39, 0.29) is 17.9 Å². The van der Waals surface area contributed by atoms with Crippen LogP contribution in [0.25, 0.3) is 0 Å². The lowest BCUT2D eigenvalue weighted by Gasteiger charge is -2.36. The molecule has 0 aliphatic carbocycles. The molecular formula is C22H19F3N2O4. The number of halogens is 3. The summed E-state index contributed by atoms with van der Waals surface area (Å²) in [5, 5.41) is 21.5. The van der Waals surface area contributed by atoms with Gasteiger partial charge in [0.05, 0.1) is 17.2 Å². The van der Waals surface area contributed by atoms with Crippen LogP contribution in [-0.4, -0.2) is 28.8 Å². The molecule has 1 atom stereocenters. The van der Waals surface area contributed by atoms with Gasteiger partial charge < -0.3 is 15.2 Å². The molecule has 6 nitrogen and oxygen atoms in total. The number of hydrogen-bond donors (Lipinski definition) is 2. The zero-order valence-corrected chi connectivity index (χ0v) is 16.7. The zero-order chi connectivity index (χ0) is 23.0. The predicted molar refractivity (Wildman–Crippen MR) is 104 cm³/mol. The second kappa shape index (κ2) is 7.71. The van der Waals surface area contributed by atoms with Crippen molar-refractivity contribution in [1.82, 2.24) is 0 Å². The van der Waals surface area contributed by atoms with Crippen LogP contribution in [0.2, 0.25) is 0 Å². The summed E-state index contributed by atoms with van der Waals surface area (Å²) in [6.07, 6.45) is -6.20.